The maximum Gasteiger partial charge on any atom is 0.303 e. The Bertz CT molecular complexity index is 338. The fourth-order valence-corrected chi connectivity index (χ4v) is 4.62. The molecule has 0 aromatic rings. The van der Waals surface area contributed by atoms with Crippen LogP contribution in [0.15, 0.2) is 0 Å². The number of likely N-dealkylation sites (tertiary alicyclic amines) is 1. The lowest BCUT2D eigenvalue weighted by Crippen LogP contribution is -2.50. The molecule has 1 N–H and O–H groups in total. The molecule has 3 heterocycles. The van der Waals surface area contributed by atoms with Crippen molar-refractivity contribution in [3.05, 3.63) is 0 Å². The van der Waals surface area contributed by atoms with E-state index in [-0.39, 0.29) is 0 Å². The average Bonchev–Trinajstić information content (AvgIpc) is 2.67. The Kier molecular flexibility index (Phi) is 4.32. The first kappa shape index (κ1) is 14.3. The zero-order valence-corrected chi connectivity index (χ0v) is 12.6. The summed E-state index contributed by atoms with van der Waals surface area (Å²) in [6.07, 6.45) is 9.13. The van der Waals surface area contributed by atoms with Crippen LogP contribution in [0.5, 0.6) is 0 Å². The summed E-state index contributed by atoms with van der Waals surface area (Å²) in [5.41, 5.74) is 0. The van der Waals surface area contributed by atoms with Crippen molar-refractivity contribution in [3.8, 4) is 0 Å². The number of aliphatic carboxylic acids is 1. The summed E-state index contributed by atoms with van der Waals surface area (Å²) in [6.45, 7) is 2.39. The van der Waals surface area contributed by atoms with Gasteiger partial charge in [-0.15, -0.1) is 0 Å². The lowest BCUT2D eigenvalue weighted by Gasteiger charge is -2.44. The molecule has 2 unspecified atom stereocenters. The Balaban J connectivity index is 1.46. The average molecular weight is 280 g/mol. The van der Waals surface area contributed by atoms with Gasteiger partial charge in [0.15, 0.2) is 0 Å². The molecule has 2 bridgehead atoms. The third kappa shape index (κ3) is 3.01. The Morgan fingerprint density at radius 3 is 2.20 bits per heavy atom. The van der Waals surface area contributed by atoms with Crippen molar-refractivity contribution < 1.29 is 9.90 Å². The predicted octanol–water partition coefficient (Wildman–Crippen LogP) is 2.19. The molecule has 0 saturated carbocycles. The van der Waals surface area contributed by atoms with Gasteiger partial charge in [-0.1, -0.05) is 0 Å². The number of rotatable bonds is 4. The standard InChI is InChI=1S/C16H28N2O2/c1-17-13-3-4-14(17)11-15(10-13)18-8-6-12(7-9-18)2-5-16(19)20/h12-15H,2-11H2,1H3,(H,19,20). The number of fused-ring (bicyclic) bond motifs is 2. The molecule has 3 rings (SSSR count). The molecular weight excluding hydrogens is 252 g/mol. The summed E-state index contributed by atoms with van der Waals surface area (Å²) >= 11 is 0. The SMILES string of the molecule is CN1C2CCC1CC(N1CCC(CCC(=O)O)CC1)C2. The van der Waals surface area contributed by atoms with E-state index >= 15 is 0 Å². The van der Waals surface area contributed by atoms with Gasteiger partial charge in [-0.3, -0.25) is 4.79 Å². The van der Waals surface area contributed by atoms with Crippen molar-refractivity contribution in [1.29, 1.82) is 0 Å². The molecular formula is C16H28N2O2. The largest absolute Gasteiger partial charge is 0.481 e. The quantitative estimate of drug-likeness (QED) is 0.857. The molecule has 3 aliphatic rings. The maximum absolute atomic E-state index is 10.6. The van der Waals surface area contributed by atoms with Gasteiger partial charge < -0.3 is 14.9 Å². The van der Waals surface area contributed by atoms with Crippen LogP contribution in [0.3, 0.4) is 0 Å². The summed E-state index contributed by atoms with van der Waals surface area (Å²) < 4.78 is 0. The third-order valence-corrected chi connectivity index (χ3v) is 6.01. The number of hydrogen-bond acceptors (Lipinski definition) is 3. The number of hydrogen-bond donors (Lipinski definition) is 1. The van der Waals surface area contributed by atoms with E-state index in [1.807, 2.05) is 0 Å². The fraction of sp³-hybridized carbons (Fsp3) is 0.938. The number of carboxylic acids is 1. The zero-order valence-electron chi connectivity index (χ0n) is 12.6. The number of nitrogens with zero attached hydrogens (tertiary/aromatic N) is 2. The minimum absolute atomic E-state index is 0.350. The van der Waals surface area contributed by atoms with Crippen LogP contribution < -0.4 is 0 Å². The van der Waals surface area contributed by atoms with Crippen molar-refractivity contribution in [3.63, 3.8) is 0 Å². The monoisotopic (exact) mass is 280 g/mol. The molecule has 0 aromatic carbocycles. The Hall–Kier alpha value is -0.610. The first-order valence-electron chi connectivity index (χ1n) is 8.31. The normalized spacial score (nSPS) is 36.4. The van der Waals surface area contributed by atoms with Crippen LogP contribution in [-0.2, 0) is 4.79 Å². The maximum atomic E-state index is 10.6. The second-order valence-corrected chi connectivity index (χ2v) is 7.09. The molecule has 3 fully saturated rings. The van der Waals surface area contributed by atoms with E-state index in [4.69, 9.17) is 5.11 Å². The van der Waals surface area contributed by atoms with Crippen molar-refractivity contribution >= 4 is 5.97 Å². The summed E-state index contributed by atoms with van der Waals surface area (Å²) in [4.78, 5) is 16.0. The fourth-order valence-electron chi connectivity index (χ4n) is 4.62. The van der Waals surface area contributed by atoms with Gasteiger partial charge in [0.1, 0.15) is 0 Å². The molecule has 0 spiro atoms. The van der Waals surface area contributed by atoms with Crippen LogP contribution in [0.4, 0.5) is 0 Å². The third-order valence-electron chi connectivity index (χ3n) is 6.01. The molecule has 0 amide bonds. The number of piperidine rings is 2. The first-order valence-corrected chi connectivity index (χ1v) is 8.31. The van der Waals surface area contributed by atoms with Gasteiger partial charge in [0, 0.05) is 24.5 Å². The van der Waals surface area contributed by atoms with E-state index in [1.165, 1.54) is 51.6 Å². The molecule has 114 valence electrons. The molecule has 3 saturated heterocycles. The second-order valence-electron chi connectivity index (χ2n) is 7.09. The van der Waals surface area contributed by atoms with E-state index in [1.54, 1.807) is 0 Å². The summed E-state index contributed by atoms with van der Waals surface area (Å²) in [6, 6.07) is 2.44. The lowest BCUT2D eigenvalue weighted by molar-refractivity contribution is -0.137. The van der Waals surface area contributed by atoms with Gasteiger partial charge in [-0.05, 0) is 71.0 Å². The molecule has 0 aliphatic carbocycles. The van der Waals surface area contributed by atoms with Gasteiger partial charge in [0.05, 0.1) is 0 Å². The molecule has 20 heavy (non-hydrogen) atoms. The summed E-state index contributed by atoms with van der Waals surface area (Å²) in [7, 11) is 2.30. The minimum atomic E-state index is -0.640. The highest BCUT2D eigenvalue weighted by atomic mass is 16.4. The van der Waals surface area contributed by atoms with Crippen molar-refractivity contribution in [2.45, 2.75) is 69.5 Å². The molecule has 0 radical (unpaired) electrons. The van der Waals surface area contributed by atoms with Gasteiger partial charge in [0.25, 0.3) is 0 Å². The van der Waals surface area contributed by atoms with E-state index in [9.17, 15) is 4.79 Å². The molecule has 4 heteroatoms. The van der Waals surface area contributed by atoms with E-state index < -0.39 is 5.97 Å². The first-order chi connectivity index (χ1) is 9.63. The Morgan fingerprint density at radius 1 is 1.05 bits per heavy atom. The minimum Gasteiger partial charge on any atom is -0.481 e. The van der Waals surface area contributed by atoms with Crippen LogP contribution in [0.25, 0.3) is 0 Å². The number of carboxylic acid groups (broad SMARTS) is 1. The second kappa shape index (κ2) is 6.02. The van der Waals surface area contributed by atoms with Crippen LogP contribution in [0, 0.1) is 5.92 Å². The van der Waals surface area contributed by atoms with Gasteiger partial charge in [0.2, 0.25) is 0 Å². The van der Waals surface area contributed by atoms with Crippen LogP contribution in [0.2, 0.25) is 0 Å². The molecule has 0 aromatic heterocycles. The highest BCUT2D eigenvalue weighted by Gasteiger charge is 2.40. The molecule has 3 aliphatic heterocycles. The van der Waals surface area contributed by atoms with Crippen molar-refractivity contribution in [1.82, 2.24) is 9.80 Å². The van der Waals surface area contributed by atoms with E-state index in [0.717, 1.165) is 24.5 Å². The van der Waals surface area contributed by atoms with Gasteiger partial charge in [-0.2, -0.15) is 0 Å². The summed E-state index contributed by atoms with van der Waals surface area (Å²) in [5.74, 6) is 0.00431. The van der Waals surface area contributed by atoms with Gasteiger partial charge >= 0.3 is 5.97 Å². The van der Waals surface area contributed by atoms with E-state index in [0.29, 0.717) is 12.3 Å². The van der Waals surface area contributed by atoms with Crippen molar-refractivity contribution in [2.24, 2.45) is 5.92 Å². The lowest BCUT2D eigenvalue weighted by atomic mass is 9.89. The predicted molar refractivity (Wildman–Crippen MR) is 78.8 cm³/mol. The Morgan fingerprint density at radius 2 is 1.65 bits per heavy atom. The smallest absolute Gasteiger partial charge is 0.303 e. The van der Waals surface area contributed by atoms with Crippen molar-refractivity contribution in [2.75, 3.05) is 20.1 Å². The highest BCUT2D eigenvalue weighted by molar-refractivity contribution is 5.66. The van der Waals surface area contributed by atoms with Gasteiger partial charge in [-0.25, -0.2) is 0 Å². The molecule has 2 atom stereocenters. The topological polar surface area (TPSA) is 43.8 Å². The highest BCUT2D eigenvalue weighted by Crippen LogP contribution is 2.37. The van der Waals surface area contributed by atoms with Crippen LogP contribution in [-0.4, -0.2) is 59.1 Å². The van der Waals surface area contributed by atoms with Crippen LogP contribution in [0.1, 0.15) is 51.4 Å². The zero-order chi connectivity index (χ0) is 14.1. The number of carbonyl (C=O) groups is 1. The Labute approximate surface area is 122 Å². The van der Waals surface area contributed by atoms with E-state index in [2.05, 4.69) is 16.8 Å². The van der Waals surface area contributed by atoms with Crippen LogP contribution >= 0.6 is 0 Å². The summed E-state index contributed by atoms with van der Waals surface area (Å²) in [5, 5.41) is 8.78. The molecule has 4 nitrogen and oxygen atoms in total.